The number of nitrogens with zero attached hydrogens (tertiary/aromatic N) is 1. The van der Waals surface area contributed by atoms with Crippen LogP contribution in [0.4, 0.5) is 21.5 Å². The number of amides is 1. The van der Waals surface area contributed by atoms with Gasteiger partial charge in [-0.25, -0.2) is 9.38 Å². The van der Waals surface area contributed by atoms with Crippen molar-refractivity contribution in [2.75, 3.05) is 37.3 Å². The Kier molecular flexibility index (Phi) is 6.14. The number of benzene rings is 3. The van der Waals surface area contributed by atoms with E-state index in [1.165, 1.54) is 38.8 Å². The van der Waals surface area contributed by atoms with Gasteiger partial charge in [-0.3, -0.25) is 4.79 Å². The Morgan fingerprint density at radius 2 is 1.82 bits per heavy atom. The number of hydrogen-bond donors (Lipinski definition) is 3. The molecule has 1 aliphatic rings. The average molecular weight is 450 g/mol. The Bertz CT molecular complexity index is 1200. The number of ether oxygens (including phenoxy) is 3. The van der Waals surface area contributed by atoms with Crippen molar-refractivity contribution in [3.05, 3.63) is 77.6 Å². The summed E-state index contributed by atoms with van der Waals surface area (Å²) in [6, 6.07) is 16.4. The van der Waals surface area contributed by atoms with Crippen LogP contribution in [0.3, 0.4) is 0 Å². The second-order valence-corrected chi connectivity index (χ2v) is 7.11. The highest BCUT2D eigenvalue weighted by atomic mass is 19.1. The molecule has 0 saturated carbocycles. The molecule has 1 atom stereocenters. The zero-order valence-electron chi connectivity index (χ0n) is 18.3. The first-order chi connectivity index (χ1) is 16.0. The lowest BCUT2D eigenvalue weighted by atomic mass is 10.0. The lowest BCUT2D eigenvalue weighted by molar-refractivity contribution is 0.0189. The molecular formula is C24H23FN4O4. The summed E-state index contributed by atoms with van der Waals surface area (Å²) in [5.74, 6) is -1.30. The molecule has 0 aliphatic carbocycles. The molecular weight excluding hydrogens is 427 g/mol. The lowest BCUT2D eigenvalue weighted by Crippen LogP contribution is -2.39. The molecule has 4 rings (SSSR count). The molecule has 0 spiro atoms. The van der Waals surface area contributed by atoms with Gasteiger partial charge in [0.25, 0.3) is 11.8 Å². The number of methoxy groups -OCH3 is 3. The fourth-order valence-corrected chi connectivity index (χ4v) is 3.60. The summed E-state index contributed by atoms with van der Waals surface area (Å²) in [6.07, 6.45) is 1.47. The average Bonchev–Trinajstić information content (AvgIpc) is 2.85. The zero-order chi connectivity index (χ0) is 23.4. The number of fused-ring (bicyclic) bond motifs is 1. The van der Waals surface area contributed by atoms with Crippen molar-refractivity contribution < 1.29 is 23.4 Å². The highest BCUT2D eigenvalue weighted by Gasteiger charge is 2.38. The number of nitrogens with one attached hydrogen (secondary N) is 3. The maximum Gasteiger partial charge on any atom is 0.268 e. The Hall–Kier alpha value is -4.11. The van der Waals surface area contributed by atoms with Gasteiger partial charge in [-0.2, -0.15) is 0 Å². The number of aliphatic imine (C=N–C) groups is 1. The third-order valence-corrected chi connectivity index (χ3v) is 5.23. The van der Waals surface area contributed by atoms with Gasteiger partial charge in [0.1, 0.15) is 5.82 Å². The van der Waals surface area contributed by atoms with Gasteiger partial charge in [0.15, 0.2) is 11.5 Å². The molecule has 0 fully saturated rings. The van der Waals surface area contributed by atoms with Crippen LogP contribution >= 0.6 is 0 Å². The Balaban J connectivity index is 1.67. The van der Waals surface area contributed by atoms with Crippen LogP contribution in [0.1, 0.15) is 15.9 Å². The van der Waals surface area contributed by atoms with Crippen LogP contribution in [0, 0.1) is 5.82 Å². The standard InChI is InChI=1S/C24H23FN4O4/c1-31-20-12-10-17-21(22(20)32-2)26-14-27-24(17,33-3)29-16-9-11-18(25)19(13-16)28-23(30)15-7-5-4-6-8-15/h4-14,29H,1-3H3,(H,26,27)(H,28,30). The molecule has 1 unspecified atom stereocenters. The van der Waals surface area contributed by atoms with E-state index in [9.17, 15) is 9.18 Å². The molecule has 1 heterocycles. The van der Waals surface area contributed by atoms with Crippen LogP contribution in [0.5, 0.6) is 11.5 Å². The quantitative estimate of drug-likeness (QED) is 0.462. The molecule has 3 N–H and O–H groups in total. The number of carbonyl (C=O) groups is 1. The molecule has 0 aromatic heterocycles. The molecule has 170 valence electrons. The Morgan fingerprint density at radius 3 is 2.52 bits per heavy atom. The van der Waals surface area contributed by atoms with Gasteiger partial charge in [-0.1, -0.05) is 18.2 Å². The summed E-state index contributed by atoms with van der Waals surface area (Å²) in [5.41, 5.74) is 2.15. The lowest BCUT2D eigenvalue weighted by Gasteiger charge is -2.35. The summed E-state index contributed by atoms with van der Waals surface area (Å²) in [4.78, 5) is 17.0. The van der Waals surface area contributed by atoms with Crippen LogP contribution in [-0.2, 0) is 10.6 Å². The highest BCUT2D eigenvalue weighted by Crippen LogP contribution is 2.45. The van der Waals surface area contributed by atoms with Gasteiger partial charge in [0, 0.05) is 18.4 Å². The molecule has 8 nitrogen and oxygen atoms in total. The Labute approximate surface area is 190 Å². The van der Waals surface area contributed by atoms with E-state index in [-0.39, 0.29) is 5.69 Å². The van der Waals surface area contributed by atoms with E-state index in [0.29, 0.717) is 34.0 Å². The van der Waals surface area contributed by atoms with E-state index in [1.54, 1.807) is 49.6 Å². The van der Waals surface area contributed by atoms with E-state index in [1.807, 2.05) is 0 Å². The third-order valence-electron chi connectivity index (χ3n) is 5.23. The predicted molar refractivity (Wildman–Crippen MR) is 125 cm³/mol. The van der Waals surface area contributed by atoms with E-state index in [4.69, 9.17) is 14.2 Å². The molecule has 3 aromatic carbocycles. The molecule has 3 aromatic rings. The Morgan fingerprint density at radius 1 is 1.03 bits per heavy atom. The second-order valence-electron chi connectivity index (χ2n) is 7.11. The molecule has 1 aliphatic heterocycles. The largest absolute Gasteiger partial charge is 0.493 e. The van der Waals surface area contributed by atoms with Crippen molar-refractivity contribution in [3.63, 3.8) is 0 Å². The minimum absolute atomic E-state index is 0.0190. The summed E-state index contributed by atoms with van der Waals surface area (Å²) >= 11 is 0. The normalized spacial score (nSPS) is 16.4. The fraction of sp³-hybridized carbons (Fsp3) is 0.167. The van der Waals surface area contributed by atoms with Crippen molar-refractivity contribution in [2.24, 2.45) is 4.99 Å². The van der Waals surface area contributed by atoms with Crippen LogP contribution in [0.2, 0.25) is 0 Å². The third kappa shape index (κ3) is 4.18. The van der Waals surface area contributed by atoms with Gasteiger partial charge >= 0.3 is 0 Å². The van der Waals surface area contributed by atoms with E-state index in [2.05, 4.69) is 20.9 Å². The zero-order valence-corrected chi connectivity index (χ0v) is 18.3. The number of carbonyl (C=O) groups excluding carboxylic acids is 1. The fourth-order valence-electron chi connectivity index (χ4n) is 3.60. The first-order valence-electron chi connectivity index (χ1n) is 10.1. The summed E-state index contributed by atoms with van der Waals surface area (Å²) in [7, 11) is 4.58. The van der Waals surface area contributed by atoms with Crippen molar-refractivity contribution in [3.8, 4) is 11.5 Å². The summed E-state index contributed by atoms with van der Waals surface area (Å²) < 4.78 is 31.1. The van der Waals surface area contributed by atoms with Crippen molar-refractivity contribution >= 4 is 29.3 Å². The van der Waals surface area contributed by atoms with Crippen LogP contribution < -0.4 is 25.4 Å². The molecule has 1 amide bonds. The SMILES string of the molecule is COc1ccc2c(c1OC)NC=NC2(Nc1ccc(F)c(NC(=O)c2ccccc2)c1)OC. The van der Waals surface area contributed by atoms with Crippen LogP contribution in [0.15, 0.2) is 65.7 Å². The van der Waals surface area contributed by atoms with Gasteiger partial charge in [0.2, 0.25) is 0 Å². The maximum absolute atomic E-state index is 14.5. The first kappa shape index (κ1) is 22.1. The molecule has 9 heteroatoms. The predicted octanol–water partition coefficient (Wildman–Crippen LogP) is 4.42. The van der Waals surface area contributed by atoms with E-state index in [0.717, 1.165) is 0 Å². The van der Waals surface area contributed by atoms with Crippen molar-refractivity contribution in [2.45, 2.75) is 5.85 Å². The molecule has 0 saturated heterocycles. The first-order valence-corrected chi connectivity index (χ1v) is 10.1. The smallest absolute Gasteiger partial charge is 0.268 e. The number of anilines is 3. The number of halogens is 1. The van der Waals surface area contributed by atoms with Crippen LogP contribution in [0.25, 0.3) is 0 Å². The minimum atomic E-state index is -1.33. The molecule has 0 radical (unpaired) electrons. The van der Waals surface area contributed by atoms with E-state index >= 15 is 0 Å². The second kappa shape index (κ2) is 9.17. The van der Waals surface area contributed by atoms with Gasteiger partial charge < -0.3 is 30.2 Å². The summed E-state index contributed by atoms with van der Waals surface area (Å²) in [5, 5.41) is 8.86. The maximum atomic E-state index is 14.5. The summed E-state index contributed by atoms with van der Waals surface area (Å²) in [6.45, 7) is 0. The van der Waals surface area contributed by atoms with Gasteiger partial charge in [0.05, 0.1) is 37.5 Å². The molecule has 0 bridgehead atoms. The topological polar surface area (TPSA) is 93.2 Å². The van der Waals surface area contributed by atoms with Gasteiger partial charge in [-0.05, 0) is 42.5 Å². The van der Waals surface area contributed by atoms with Crippen LogP contribution in [-0.4, -0.2) is 33.6 Å². The molecule has 33 heavy (non-hydrogen) atoms. The minimum Gasteiger partial charge on any atom is -0.493 e. The van der Waals surface area contributed by atoms with Gasteiger partial charge in [-0.15, -0.1) is 0 Å². The van der Waals surface area contributed by atoms with E-state index < -0.39 is 17.6 Å². The number of hydrogen-bond acceptors (Lipinski definition) is 7. The van der Waals surface area contributed by atoms with Crippen molar-refractivity contribution in [1.29, 1.82) is 0 Å². The van der Waals surface area contributed by atoms with Crippen molar-refractivity contribution in [1.82, 2.24) is 0 Å². The highest BCUT2D eigenvalue weighted by molar-refractivity contribution is 6.04. The monoisotopic (exact) mass is 450 g/mol. The number of rotatable bonds is 7.